The number of carboxylic acids is 1. The van der Waals surface area contributed by atoms with Crippen molar-refractivity contribution in [3.05, 3.63) is 35.4 Å². The SMILES string of the molecule is Cc1ccc(CCNC(=O)C(C(=O)O)C(C)C)cc1. The maximum atomic E-state index is 11.8. The second-order valence-corrected chi connectivity index (χ2v) is 5.09. The van der Waals surface area contributed by atoms with E-state index in [4.69, 9.17) is 5.11 Å². The molecular formula is C15H21NO3. The molecule has 104 valence electrons. The maximum Gasteiger partial charge on any atom is 0.316 e. The molecule has 0 aromatic heterocycles. The average Bonchev–Trinajstić information content (AvgIpc) is 2.30. The number of hydrogen-bond acceptors (Lipinski definition) is 2. The third-order valence-electron chi connectivity index (χ3n) is 3.05. The molecule has 0 aliphatic carbocycles. The molecule has 1 atom stereocenters. The normalized spacial score (nSPS) is 12.2. The first kappa shape index (κ1) is 15.2. The molecule has 0 radical (unpaired) electrons. The molecule has 4 heteroatoms. The van der Waals surface area contributed by atoms with E-state index < -0.39 is 17.8 Å². The van der Waals surface area contributed by atoms with Crippen LogP contribution in [0.3, 0.4) is 0 Å². The van der Waals surface area contributed by atoms with Crippen molar-refractivity contribution in [2.75, 3.05) is 6.54 Å². The molecule has 0 saturated heterocycles. The molecule has 0 saturated carbocycles. The van der Waals surface area contributed by atoms with Crippen LogP contribution in [0, 0.1) is 18.8 Å². The first-order valence-corrected chi connectivity index (χ1v) is 6.48. The van der Waals surface area contributed by atoms with Crippen molar-refractivity contribution in [2.45, 2.75) is 27.2 Å². The van der Waals surface area contributed by atoms with Crippen LogP contribution in [-0.2, 0) is 16.0 Å². The smallest absolute Gasteiger partial charge is 0.316 e. The van der Waals surface area contributed by atoms with Crippen molar-refractivity contribution in [3.8, 4) is 0 Å². The van der Waals surface area contributed by atoms with Crippen molar-refractivity contribution in [1.29, 1.82) is 0 Å². The number of benzene rings is 1. The molecule has 4 nitrogen and oxygen atoms in total. The van der Waals surface area contributed by atoms with Gasteiger partial charge in [-0.05, 0) is 24.8 Å². The van der Waals surface area contributed by atoms with E-state index >= 15 is 0 Å². The highest BCUT2D eigenvalue weighted by Crippen LogP contribution is 2.11. The zero-order valence-corrected chi connectivity index (χ0v) is 11.6. The summed E-state index contributed by atoms with van der Waals surface area (Å²) in [6, 6.07) is 8.06. The standard InChI is InChI=1S/C15H21NO3/c1-10(2)13(15(18)19)14(17)16-9-8-12-6-4-11(3)5-7-12/h4-7,10,13H,8-9H2,1-3H3,(H,16,17)(H,18,19). The summed E-state index contributed by atoms with van der Waals surface area (Å²) in [7, 11) is 0. The molecule has 1 aromatic rings. The van der Waals surface area contributed by atoms with Gasteiger partial charge < -0.3 is 10.4 Å². The third kappa shape index (κ3) is 4.73. The van der Waals surface area contributed by atoms with E-state index in [2.05, 4.69) is 5.32 Å². The Bertz CT molecular complexity index is 437. The van der Waals surface area contributed by atoms with Crippen LogP contribution in [0.2, 0.25) is 0 Å². The lowest BCUT2D eigenvalue weighted by Gasteiger charge is -2.15. The Balaban J connectivity index is 2.46. The molecule has 0 aliphatic rings. The molecule has 0 bridgehead atoms. The number of hydrogen-bond donors (Lipinski definition) is 2. The van der Waals surface area contributed by atoms with Gasteiger partial charge >= 0.3 is 5.97 Å². The molecule has 1 amide bonds. The second-order valence-electron chi connectivity index (χ2n) is 5.09. The highest BCUT2D eigenvalue weighted by atomic mass is 16.4. The number of carboxylic acid groups (broad SMARTS) is 1. The molecule has 0 fully saturated rings. The van der Waals surface area contributed by atoms with Gasteiger partial charge in [0.25, 0.3) is 0 Å². The highest BCUT2D eigenvalue weighted by Gasteiger charge is 2.28. The van der Waals surface area contributed by atoms with Gasteiger partial charge in [-0.15, -0.1) is 0 Å². The molecule has 0 spiro atoms. The number of amides is 1. The number of nitrogens with one attached hydrogen (secondary N) is 1. The van der Waals surface area contributed by atoms with E-state index in [0.717, 1.165) is 5.56 Å². The van der Waals surface area contributed by atoms with Gasteiger partial charge in [-0.2, -0.15) is 0 Å². The highest BCUT2D eigenvalue weighted by molar-refractivity contribution is 5.97. The lowest BCUT2D eigenvalue weighted by Crippen LogP contribution is -2.39. The van der Waals surface area contributed by atoms with E-state index in [0.29, 0.717) is 13.0 Å². The summed E-state index contributed by atoms with van der Waals surface area (Å²) >= 11 is 0. The quantitative estimate of drug-likeness (QED) is 0.772. The molecular weight excluding hydrogens is 242 g/mol. The van der Waals surface area contributed by atoms with Gasteiger partial charge in [0.1, 0.15) is 5.92 Å². The summed E-state index contributed by atoms with van der Waals surface area (Å²) < 4.78 is 0. The average molecular weight is 263 g/mol. The molecule has 1 rings (SSSR count). The summed E-state index contributed by atoms with van der Waals surface area (Å²) in [6.45, 7) is 5.95. The van der Waals surface area contributed by atoms with Gasteiger partial charge in [-0.3, -0.25) is 9.59 Å². The third-order valence-corrected chi connectivity index (χ3v) is 3.05. The summed E-state index contributed by atoms with van der Waals surface area (Å²) in [5.74, 6) is -2.66. The Morgan fingerprint density at radius 1 is 1.21 bits per heavy atom. The van der Waals surface area contributed by atoms with Crippen LogP contribution in [0.15, 0.2) is 24.3 Å². The van der Waals surface area contributed by atoms with Gasteiger partial charge in [0.15, 0.2) is 0 Å². The molecule has 1 unspecified atom stereocenters. The van der Waals surface area contributed by atoms with E-state index in [1.165, 1.54) is 5.56 Å². The van der Waals surface area contributed by atoms with Gasteiger partial charge in [-0.1, -0.05) is 43.7 Å². The largest absolute Gasteiger partial charge is 0.481 e. The van der Waals surface area contributed by atoms with Crippen molar-refractivity contribution >= 4 is 11.9 Å². The van der Waals surface area contributed by atoms with Crippen LogP contribution in [0.4, 0.5) is 0 Å². The van der Waals surface area contributed by atoms with Crippen molar-refractivity contribution in [2.24, 2.45) is 11.8 Å². The fourth-order valence-corrected chi connectivity index (χ4v) is 1.89. The Kier molecular flexibility index (Phi) is 5.55. The lowest BCUT2D eigenvalue weighted by atomic mass is 9.95. The summed E-state index contributed by atoms with van der Waals surface area (Å²) in [5.41, 5.74) is 2.32. The van der Waals surface area contributed by atoms with Crippen LogP contribution in [-0.4, -0.2) is 23.5 Å². The van der Waals surface area contributed by atoms with Crippen molar-refractivity contribution in [1.82, 2.24) is 5.32 Å². The zero-order chi connectivity index (χ0) is 14.4. The van der Waals surface area contributed by atoms with Crippen molar-refractivity contribution < 1.29 is 14.7 Å². The number of aryl methyl sites for hydroxylation is 1. The van der Waals surface area contributed by atoms with Crippen LogP contribution in [0.1, 0.15) is 25.0 Å². The topological polar surface area (TPSA) is 66.4 Å². The fraction of sp³-hybridized carbons (Fsp3) is 0.467. The predicted molar refractivity (Wildman–Crippen MR) is 73.9 cm³/mol. The summed E-state index contributed by atoms with van der Waals surface area (Å²) in [5, 5.41) is 11.7. The predicted octanol–water partition coefficient (Wildman–Crippen LogP) is 2.01. The minimum atomic E-state index is -1.07. The minimum Gasteiger partial charge on any atom is -0.481 e. The molecule has 0 heterocycles. The van der Waals surface area contributed by atoms with Crippen LogP contribution >= 0.6 is 0 Å². The lowest BCUT2D eigenvalue weighted by molar-refractivity contribution is -0.148. The minimum absolute atomic E-state index is 0.211. The zero-order valence-electron chi connectivity index (χ0n) is 11.6. The summed E-state index contributed by atoms with van der Waals surface area (Å²) in [6.07, 6.45) is 0.705. The van der Waals surface area contributed by atoms with Gasteiger partial charge in [0.2, 0.25) is 5.91 Å². The second kappa shape index (κ2) is 6.92. The number of carbonyl (C=O) groups excluding carboxylic acids is 1. The Hall–Kier alpha value is -1.84. The molecule has 1 aromatic carbocycles. The monoisotopic (exact) mass is 263 g/mol. The first-order valence-electron chi connectivity index (χ1n) is 6.48. The van der Waals surface area contributed by atoms with Gasteiger partial charge in [-0.25, -0.2) is 0 Å². The maximum absolute atomic E-state index is 11.8. The van der Waals surface area contributed by atoms with Crippen molar-refractivity contribution in [3.63, 3.8) is 0 Å². The van der Waals surface area contributed by atoms with E-state index in [9.17, 15) is 9.59 Å². The van der Waals surface area contributed by atoms with E-state index in [-0.39, 0.29) is 5.92 Å². The van der Waals surface area contributed by atoms with Gasteiger partial charge in [0, 0.05) is 6.54 Å². The van der Waals surface area contributed by atoms with Crippen LogP contribution < -0.4 is 5.32 Å². The summed E-state index contributed by atoms with van der Waals surface area (Å²) in [4.78, 5) is 22.8. The fourth-order valence-electron chi connectivity index (χ4n) is 1.89. The van der Waals surface area contributed by atoms with Gasteiger partial charge in [0.05, 0.1) is 0 Å². The van der Waals surface area contributed by atoms with E-state index in [1.807, 2.05) is 31.2 Å². The number of aliphatic carboxylic acids is 1. The number of carbonyl (C=O) groups is 2. The Morgan fingerprint density at radius 3 is 2.26 bits per heavy atom. The van der Waals surface area contributed by atoms with E-state index in [1.54, 1.807) is 13.8 Å². The Morgan fingerprint density at radius 2 is 1.79 bits per heavy atom. The Labute approximate surface area is 113 Å². The molecule has 0 aliphatic heterocycles. The van der Waals surface area contributed by atoms with Crippen LogP contribution in [0.25, 0.3) is 0 Å². The molecule has 19 heavy (non-hydrogen) atoms. The number of rotatable bonds is 6. The first-order chi connectivity index (χ1) is 8.91. The molecule has 2 N–H and O–H groups in total. The van der Waals surface area contributed by atoms with Crippen LogP contribution in [0.5, 0.6) is 0 Å².